The molecule has 1 aliphatic carbocycles. The maximum Gasteiger partial charge on any atom is -0.0169 e. The van der Waals surface area contributed by atoms with E-state index in [9.17, 15) is 0 Å². The van der Waals surface area contributed by atoms with Crippen molar-refractivity contribution in [3.05, 3.63) is 36.5 Å². The average Bonchev–Trinajstić information content (AvgIpc) is 2.18. The first-order valence-corrected chi connectivity index (χ1v) is 5.45. The molecule has 0 aromatic rings. The van der Waals surface area contributed by atoms with Gasteiger partial charge in [-0.2, -0.15) is 0 Å². The molecular weight excluding hydrogens is 156 g/mol. The molecule has 0 bridgehead atoms. The molecule has 0 amide bonds. The first-order valence-electron chi connectivity index (χ1n) is 5.45. The van der Waals surface area contributed by atoms with Crippen LogP contribution in [0.4, 0.5) is 0 Å². The van der Waals surface area contributed by atoms with Crippen molar-refractivity contribution in [3.8, 4) is 0 Å². The van der Waals surface area contributed by atoms with Crippen molar-refractivity contribution in [2.75, 3.05) is 0 Å². The summed E-state index contributed by atoms with van der Waals surface area (Å²) in [5.41, 5.74) is 0. The minimum Gasteiger partial charge on any atom is -0.0885 e. The summed E-state index contributed by atoms with van der Waals surface area (Å²) in [6.07, 6.45) is 22.5. The van der Waals surface area contributed by atoms with Crippen LogP contribution < -0.4 is 0 Å². The van der Waals surface area contributed by atoms with Crippen LogP contribution in [0.25, 0.3) is 0 Å². The molecule has 0 radical (unpaired) electrons. The molecule has 0 nitrogen and oxygen atoms in total. The van der Waals surface area contributed by atoms with Crippen molar-refractivity contribution >= 4 is 0 Å². The summed E-state index contributed by atoms with van der Waals surface area (Å²) in [7, 11) is 0. The van der Waals surface area contributed by atoms with Gasteiger partial charge in [-0.15, -0.1) is 0 Å². The van der Waals surface area contributed by atoms with Crippen LogP contribution in [0.1, 0.15) is 44.9 Å². The highest BCUT2D eigenvalue weighted by molar-refractivity contribution is 4.94. The van der Waals surface area contributed by atoms with E-state index in [1.54, 1.807) is 0 Å². The Hall–Kier alpha value is -0.780. The van der Waals surface area contributed by atoms with Gasteiger partial charge in [-0.3, -0.25) is 0 Å². The Morgan fingerprint density at radius 1 is 0.462 bits per heavy atom. The molecule has 0 heterocycles. The maximum atomic E-state index is 2.33. The van der Waals surface area contributed by atoms with E-state index in [1.807, 2.05) is 0 Å². The third kappa shape index (κ3) is 6.39. The van der Waals surface area contributed by atoms with E-state index < -0.39 is 0 Å². The van der Waals surface area contributed by atoms with Crippen molar-refractivity contribution in [3.63, 3.8) is 0 Å². The second kappa shape index (κ2) is 7.85. The van der Waals surface area contributed by atoms with Crippen molar-refractivity contribution < 1.29 is 0 Å². The standard InChI is InChI=1S/C13H20/c1-2-4-6-8-10-12-13-11-9-7-5-3-1/h1-2,5,7,10,12H,3-4,6,8-9,11,13H2/b2-1+,7-5+,12-10+. The van der Waals surface area contributed by atoms with Crippen molar-refractivity contribution in [1.82, 2.24) is 0 Å². The van der Waals surface area contributed by atoms with Crippen molar-refractivity contribution in [2.45, 2.75) is 44.9 Å². The number of hydrogen-bond donors (Lipinski definition) is 0. The zero-order chi connectivity index (χ0) is 9.19. The molecule has 0 aromatic heterocycles. The molecule has 1 aliphatic rings. The van der Waals surface area contributed by atoms with Gasteiger partial charge in [-0.25, -0.2) is 0 Å². The van der Waals surface area contributed by atoms with Gasteiger partial charge in [0, 0.05) is 0 Å². The van der Waals surface area contributed by atoms with E-state index in [0.717, 1.165) is 6.42 Å². The van der Waals surface area contributed by atoms with E-state index in [2.05, 4.69) is 36.5 Å². The molecule has 13 heavy (non-hydrogen) atoms. The minimum atomic E-state index is 1.12. The Morgan fingerprint density at radius 2 is 0.846 bits per heavy atom. The molecule has 0 unspecified atom stereocenters. The molecule has 0 aromatic carbocycles. The van der Waals surface area contributed by atoms with Crippen LogP contribution in [0.3, 0.4) is 0 Å². The van der Waals surface area contributed by atoms with Crippen LogP contribution in [-0.2, 0) is 0 Å². The second-order valence-corrected chi connectivity index (χ2v) is 3.51. The molecule has 72 valence electrons. The lowest BCUT2D eigenvalue weighted by Crippen LogP contribution is -1.70. The summed E-state index contributed by atoms with van der Waals surface area (Å²) in [5, 5.41) is 0. The highest BCUT2D eigenvalue weighted by Crippen LogP contribution is 2.04. The molecule has 0 saturated heterocycles. The van der Waals surface area contributed by atoms with Gasteiger partial charge in [0.15, 0.2) is 0 Å². The Morgan fingerprint density at radius 3 is 1.31 bits per heavy atom. The summed E-state index contributed by atoms with van der Waals surface area (Å²) in [6.45, 7) is 0. The summed E-state index contributed by atoms with van der Waals surface area (Å²) in [6, 6.07) is 0. The fraction of sp³-hybridized carbons (Fsp3) is 0.538. The quantitative estimate of drug-likeness (QED) is 0.480. The van der Waals surface area contributed by atoms with Crippen molar-refractivity contribution in [1.29, 1.82) is 0 Å². The molecule has 0 N–H and O–H groups in total. The number of allylic oxidation sites excluding steroid dienone is 6. The molecule has 0 fully saturated rings. The first kappa shape index (κ1) is 10.3. The lowest BCUT2D eigenvalue weighted by atomic mass is 10.2. The fourth-order valence-corrected chi connectivity index (χ4v) is 1.45. The Balaban J connectivity index is 2.27. The summed E-state index contributed by atoms with van der Waals surface area (Å²) in [4.78, 5) is 0. The van der Waals surface area contributed by atoms with Crippen LogP contribution in [0.2, 0.25) is 0 Å². The monoisotopic (exact) mass is 176 g/mol. The van der Waals surface area contributed by atoms with Crippen LogP contribution in [0.15, 0.2) is 36.5 Å². The van der Waals surface area contributed by atoms with E-state index in [4.69, 9.17) is 0 Å². The first-order chi connectivity index (χ1) is 6.50. The largest absolute Gasteiger partial charge is 0.0885 e. The van der Waals surface area contributed by atoms with Gasteiger partial charge >= 0.3 is 0 Å². The maximum absolute atomic E-state index is 2.33. The number of rotatable bonds is 0. The lowest BCUT2D eigenvalue weighted by Gasteiger charge is -1.90. The van der Waals surface area contributed by atoms with Gasteiger partial charge < -0.3 is 0 Å². The highest BCUT2D eigenvalue weighted by atomic mass is 13.9. The Labute approximate surface area is 82.0 Å². The molecule has 0 saturated carbocycles. The molecular formula is C13H20. The summed E-state index contributed by atoms with van der Waals surface area (Å²) < 4.78 is 0. The number of hydrogen-bond acceptors (Lipinski definition) is 0. The lowest BCUT2D eigenvalue weighted by molar-refractivity contribution is 0.842. The van der Waals surface area contributed by atoms with Crippen LogP contribution in [-0.4, -0.2) is 0 Å². The second-order valence-electron chi connectivity index (χ2n) is 3.51. The predicted molar refractivity (Wildman–Crippen MR) is 59.7 cm³/mol. The molecule has 0 aliphatic heterocycles. The van der Waals surface area contributed by atoms with Gasteiger partial charge in [0.05, 0.1) is 0 Å². The minimum absolute atomic E-state index is 1.12. The Kier molecular flexibility index (Phi) is 6.22. The third-order valence-corrected chi connectivity index (χ3v) is 2.26. The highest BCUT2D eigenvalue weighted by Gasteiger charge is 1.84. The van der Waals surface area contributed by atoms with E-state index >= 15 is 0 Å². The van der Waals surface area contributed by atoms with E-state index in [0.29, 0.717) is 0 Å². The van der Waals surface area contributed by atoms with Gasteiger partial charge in [-0.05, 0) is 44.9 Å². The molecule has 0 spiro atoms. The summed E-state index contributed by atoms with van der Waals surface area (Å²) in [5.74, 6) is 0. The average molecular weight is 176 g/mol. The topological polar surface area (TPSA) is 0 Å². The Bertz CT molecular complexity index is 164. The van der Waals surface area contributed by atoms with Gasteiger partial charge in [0.2, 0.25) is 0 Å². The van der Waals surface area contributed by atoms with Gasteiger partial charge in [0.1, 0.15) is 0 Å². The zero-order valence-electron chi connectivity index (χ0n) is 8.41. The molecule has 0 heteroatoms. The molecule has 1 rings (SSSR count). The smallest absolute Gasteiger partial charge is 0.0169 e. The third-order valence-electron chi connectivity index (χ3n) is 2.26. The molecule has 0 atom stereocenters. The predicted octanol–water partition coefficient (Wildman–Crippen LogP) is 4.40. The van der Waals surface area contributed by atoms with E-state index in [-0.39, 0.29) is 0 Å². The summed E-state index contributed by atoms with van der Waals surface area (Å²) >= 11 is 0. The van der Waals surface area contributed by atoms with Crippen molar-refractivity contribution in [2.24, 2.45) is 0 Å². The van der Waals surface area contributed by atoms with Crippen LogP contribution in [0, 0.1) is 0 Å². The van der Waals surface area contributed by atoms with Crippen LogP contribution >= 0.6 is 0 Å². The normalized spacial score (nSPS) is 27.7. The van der Waals surface area contributed by atoms with Gasteiger partial charge in [0.25, 0.3) is 0 Å². The SMILES string of the molecule is C1=C/CCC/C=C/CCC/C=C/C/1. The zero-order valence-corrected chi connectivity index (χ0v) is 8.41. The fourth-order valence-electron chi connectivity index (χ4n) is 1.45. The van der Waals surface area contributed by atoms with Crippen LogP contribution in [0.5, 0.6) is 0 Å². The van der Waals surface area contributed by atoms with E-state index in [1.165, 1.54) is 38.5 Å². The van der Waals surface area contributed by atoms with Gasteiger partial charge in [-0.1, -0.05) is 36.5 Å².